The Hall–Kier alpha value is -2.77. The first kappa shape index (κ1) is 21.1. The molecule has 32 heavy (non-hydrogen) atoms. The van der Waals surface area contributed by atoms with Crippen LogP contribution in [-0.2, 0) is 17.8 Å². The Balaban J connectivity index is 1.27. The van der Waals surface area contributed by atoms with Crippen molar-refractivity contribution in [3.05, 3.63) is 52.7 Å². The summed E-state index contributed by atoms with van der Waals surface area (Å²) in [5.41, 5.74) is 5.79. The zero-order valence-corrected chi connectivity index (χ0v) is 19.6. The van der Waals surface area contributed by atoms with E-state index in [1.54, 1.807) is 0 Å². The number of likely N-dealkylation sites (tertiary alicyclic amines) is 1. The molecule has 7 heteroatoms. The van der Waals surface area contributed by atoms with Gasteiger partial charge in [-0.1, -0.05) is 35.5 Å². The minimum atomic E-state index is -0.137. The summed E-state index contributed by atoms with van der Waals surface area (Å²) in [6, 6.07) is 10.4. The van der Waals surface area contributed by atoms with Crippen molar-refractivity contribution in [2.75, 3.05) is 18.4 Å². The summed E-state index contributed by atoms with van der Waals surface area (Å²) in [6.45, 7) is 9.68. The molecule has 0 saturated carbocycles. The predicted octanol–water partition coefficient (Wildman–Crippen LogP) is 5.47. The maximum atomic E-state index is 12.7. The van der Waals surface area contributed by atoms with E-state index in [9.17, 15) is 4.79 Å². The van der Waals surface area contributed by atoms with Crippen LogP contribution in [0.3, 0.4) is 0 Å². The van der Waals surface area contributed by atoms with Gasteiger partial charge >= 0.3 is 0 Å². The maximum Gasteiger partial charge on any atom is 0.232 e. The highest BCUT2D eigenvalue weighted by Gasteiger charge is 2.18. The van der Waals surface area contributed by atoms with Gasteiger partial charge in [0.25, 0.3) is 0 Å². The van der Waals surface area contributed by atoms with Gasteiger partial charge < -0.3 is 9.84 Å². The average Bonchev–Trinajstić information content (AvgIpc) is 3.32. The fourth-order valence-electron chi connectivity index (χ4n) is 4.56. The number of fused-ring (bicyclic) bond motifs is 2. The van der Waals surface area contributed by atoms with Gasteiger partial charge in [0.1, 0.15) is 5.69 Å². The van der Waals surface area contributed by atoms with Crippen molar-refractivity contribution in [1.29, 1.82) is 0 Å². The summed E-state index contributed by atoms with van der Waals surface area (Å²) in [5, 5.41) is 8.63. The van der Waals surface area contributed by atoms with E-state index in [1.165, 1.54) is 42.8 Å². The van der Waals surface area contributed by atoms with Crippen LogP contribution < -0.4 is 5.32 Å². The molecular formula is C25H28N4O2S. The highest BCUT2D eigenvalue weighted by Crippen LogP contribution is 2.29. The molecule has 0 unspecified atom stereocenters. The number of aromatic nitrogens is 2. The predicted molar refractivity (Wildman–Crippen MR) is 129 cm³/mol. The number of nitrogens with zero attached hydrogens (tertiary/aromatic N) is 3. The number of piperidine rings is 1. The number of hydrogen-bond acceptors (Lipinski definition) is 6. The Kier molecular flexibility index (Phi) is 5.69. The minimum Gasteiger partial charge on any atom is -0.356 e. The molecule has 0 spiro atoms. The third kappa shape index (κ3) is 4.40. The first-order valence-electron chi connectivity index (χ1n) is 11.2. The lowest BCUT2D eigenvalue weighted by atomic mass is 9.99. The molecule has 0 radical (unpaired) electrons. The van der Waals surface area contributed by atoms with Crippen LogP contribution in [0.15, 0.2) is 34.9 Å². The fourth-order valence-corrected chi connectivity index (χ4v) is 5.50. The zero-order chi connectivity index (χ0) is 22.2. The van der Waals surface area contributed by atoms with E-state index in [1.807, 2.05) is 19.9 Å². The summed E-state index contributed by atoms with van der Waals surface area (Å²) in [4.78, 5) is 19.8. The van der Waals surface area contributed by atoms with Crippen LogP contribution in [0.1, 0.15) is 42.1 Å². The highest BCUT2D eigenvalue weighted by molar-refractivity contribution is 7.22. The molecule has 1 saturated heterocycles. The number of carbonyl (C=O) groups excluding carboxylic acids is 1. The summed E-state index contributed by atoms with van der Waals surface area (Å²) in [7, 11) is 0. The van der Waals surface area contributed by atoms with E-state index in [-0.39, 0.29) is 12.3 Å². The summed E-state index contributed by atoms with van der Waals surface area (Å²) < 4.78 is 6.54. The van der Waals surface area contributed by atoms with E-state index < -0.39 is 0 Å². The second-order valence-electron chi connectivity index (χ2n) is 9.09. The van der Waals surface area contributed by atoms with Crippen LogP contribution in [-0.4, -0.2) is 34.0 Å². The molecule has 2 aromatic carbocycles. The van der Waals surface area contributed by atoms with E-state index in [2.05, 4.69) is 51.5 Å². The summed E-state index contributed by atoms with van der Waals surface area (Å²) in [5.74, 6) is 0.701. The molecule has 1 aliphatic rings. The second-order valence-corrected chi connectivity index (χ2v) is 10.1. The van der Waals surface area contributed by atoms with Gasteiger partial charge in [-0.15, -0.1) is 0 Å². The smallest absolute Gasteiger partial charge is 0.232 e. The molecule has 0 bridgehead atoms. The molecule has 0 atom stereocenters. The van der Waals surface area contributed by atoms with Crippen molar-refractivity contribution >= 4 is 43.6 Å². The van der Waals surface area contributed by atoms with Gasteiger partial charge in [0.2, 0.25) is 5.91 Å². The second kappa shape index (κ2) is 8.64. The van der Waals surface area contributed by atoms with Crippen LogP contribution >= 0.6 is 11.3 Å². The summed E-state index contributed by atoms with van der Waals surface area (Å²) >= 11 is 1.52. The molecule has 3 heterocycles. The van der Waals surface area contributed by atoms with Crippen LogP contribution in [0, 0.1) is 19.8 Å². The first-order valence-corrected chi connectivity index (χ1v) is 12.0. The van der Waals surface area contributed by atoms with Crippen molar-refractivity contribution < 1.29 is 9.32 Å². The minimum absolute atomic E-state index is 0.137. The number of aryl methyl sites for hydroxylation is 2. The Morgan fingerprint density at radius 3 is 2.84 bits per heavy atom. The van der Waals surface area contributed by atoms with Gasteiger partial charge in [-0.25, -0.2) is 4.98 Å². The lowest BCUT2D eigenvalue weighted by Crippen LogP contribution is -2.32. The van der Waals surface area contributed by atoms with Crippen molar-refractivity contribution in [2.24, 2.45) is 5.92 Å². The van der Waals surface area contributed by atoms with Gasteiger partial charge in [0.05, 0.1) is 16.6 Å². The van der Waals surface area contributed by atoms with Crippen molar-refractivity contribution in [3.8, 4) is 0 Å². The molecule has 1 fully saturated rings. The molecule has 2 aromatic heterocycles. The van der Waals surface area contributed by atoms with Crippen molar-refractivity contribution in [2.45, 2.75) is 46.6 Å². The number of carbonyl (C=O) groups is 1. The molecule has 6 nitrogen and oxygen atoms in total. The van der Waals surface area contributed by atoms with E-state index >= 15 is 0 Å². The molecule has 1 N–H and O–H groups in total. The average molecular weight is 449 g/mol. The zero-order valence-electron chi connectivity index (χ0n) is 18.8. The fraction of sp³-hybridized carbons (Fsp3) is 0.400. The molecule has 0 aliphatic carbocycles. The standard InChI is InChI=1S/C25H28N4O2S/c1-15-6-8-29(9-7-15)14-18-4-5-19-22(12-18)32-25(26-19)27-23(30)13-20-24-17(3)10-16(2)11-21(24)31-28-20/h4-5,10-12,15H,6-9,13-14H2,1-3H3,(H,26,27,30). The number of hydrogen-bond donors (Lipinski definition) is 1. The lowest BCUT2D eigenvalue weighted by Gasteiger charge is -2.30. The molecule has 1 amide bonds. The third-order valence-electron chi connectivity index (χ3n) is 6.30. The number of anilines is 1. The van der Waals surface area contributed by atoms with Crippen molar-refractivity contribution in [3.63, 3.8) is 0 Å². The monoisotopic (exact) mass is 448 g/mol. The van der Waals surface area contributed by atoms with Crippen LogP contribution in [0.5, 0.6) is 0 Å². The van der Waals surface area contributed by atoms with Gasteiger partial charge in [-0.2, -0.15) is 0 Å². The van der Waals surface area contributed by atoms with Crippen LogP contribution in [0.4, 0.5) is 5.13 Å². The Labute approximate surface area is 191 Å². The number of benzene rings is 2. The largest absolute Gasteiger partial charge is 0.356 e. The number of amides is 1. The van der Waals surface area contributed by atoms with Gasteiger partial charge in [-0.05, 0) is 80.6 Å². The van der Waals surface area contributed by atoms with Gasteiger partial charge in [-0.3, -0.25) is 9.69 Å². The van der Waals surface area contributed by atoms with Gasteiger partial charge in [0.15, 0.2) is 10.7 Å². The van der Waals surface area contributed by atoms with Crippen LogP contribution in [0.25, 0.3) is 21.2 Å². The third-order valence-corrected chi connectivity index (χ3v) is 7.23. The van der Waals surface area contributed by atoms with Crippen molar-refractivity contribution in [1.82, 2.24) is 15.0 Å². The highest BCUT2D eigenvalue weighted by atomic mass is 32.1. The summed E-state index contributed by atoms with van der Waals surface area (Å²) in [6.07, 6.45) is 2.71. The number of rotatable bonds is 5. The maximum absolute atomic E-state index is 12.7. The molecule has 1 aliphatic heterocycles. The lowest BCUT2D eigenvalue weighted by molar-refractivity contribution is -0.115. The molecule has 4 aromatic rings. The first-order chi connectivity index (χ1) is 15.4. The molecule has 166 valence electrons. The van der Waals surface area contributed by atoms with Crippen LogP contribution in [0.2, 0.25) is 0 Å². The topological polar surface area (TPSA) is 71.3 Å². The molecule has 5 rings (SSSR count). The quantitative estimate of drug-likeness (QED) is 0.438. The Bertz CT molecular complexity index is 1280. The van der Waals surface area contributed by atoms with E-state index in [0.29, 0.717) is 10.8 Å². The number of thiazole rings is 1. The van der Waals surface area contributed by atoms with E-state index in [4.69, 9.17) is 4.52 Å². The Morgan fingerprint density at radius 1 is 1.22 bits per heavy atom. The van der Waals surface area contributed by atoms with Gasteiger partial charge in [0, 0.05) is 11.9 Å². The Morgan fingerprint density at radius 2 is 2.03 bits per heavy atom. The van der Waals surface area contributed by atoms with E-state index in [0.717, 1.165) is 44.8 Å². The normalized spacial score (nSPS) is 15.6. The number of nitrogens with one attached hydrogen (secondary N) is 1. The molecular weight excluding hydrogens is 420 g/mol. The SMILES string of the molecule is Cc1cc(C)c2c(CC(=O)Nc3nc4ccc(CN5CCC(C)CC5)cc4s3)noc2c1.